The molecule has 14 rings (SSSR count). The molecule has 1 aliphatic carbocycles. The van der Waals surface area contributed by atoms with Gasteiger partial charge in [-0.3, -0.25) is 13.7 Å². The topological polar surface area (TPSA) is 35.9 Å². The van der Waals surface area contributed by atoms with E-state index in [9.17, 15) is 12.3 Å². The van der Waals surface area contributed by atoms with Gasteiger partial charge in [-0.15, -0.1) is 0 Å². The first-order valence-corrected chi connectivity index (χ1v) is 26.7. The fourth-order valence-corrected chi connectivity index (χ4v) is 11.7. The number of rotatable bonds is 6. The van der Waals surface area contributed by atoms with E-state index in [2.05, 4.69) is 37.7 Å². The average Bonchev–Trinajstić information content (AvgIpc) is 1.15. The summed E-state index contributed by atoms with van der Waals surface area (Å²) in [5, 5.41) is 1.89. The minimum Gasteiger partial charge on any atom is -0.458 e. The number of hydrogen-bond donors (Lipinski definition) is 0. The minimum absolute atomic E-state index is 0.116. The van der Waals surface area contributed by atoms with Crippen molar-refractivity contribution < 1.29 is 42.2 Å². The Kier molecular flexibility index (Phi) is 6.96. The molecule has 0 N–H and O–H groups in total. The summed E-state index contributed by atoms with van der Waals surface area (Å²) in [6, 6.07) is 38.6. The van der Waals surface area contributed by atoms with E-state index in [1.165, 1.54) is 12.1 Å². The molecule has 2 aliphatic rings. The Labute approximate surface area is 510 Å². The number of nitrogens with zero attached hydrogens (tertiary/aromatic N) is 4. The van der Waals surface area contributed by atoms with Gasteiger partial charge in [0, 0.05) is 45.0 Å². The van der Waals surface area contributed by atoms with Gasteiger partial charge < -0.3 is 4.74 Å². The zero-order valence-electron chi connectivity index (χ0n) is 69.2. The van der Waals surface area contributed by atoms with Crippen LogP contribution in [0.4, 0.5) is 0 Å². The van der Waals surface area contributed by atoms with Crippen molar-refractivity contribution in [2.45, 2.75) is 103 Å². The number of para-hydroxylation sites is 2. The van der Waals surface area contributed by atoms with E-state index in [0.29, 0.717) is 67.6 Å². The summed E-state index contributed by atoms with van der Waals surface area (Å²) in [4.78, 5) is 4.86. The highest BCUT2D eigenvalue weighted by molar-refractivity contribution is 6.10. The van der Waals surface area contributed by atoms with Gasteiger partial charge in [-0.25, -0.2) is 4.98 Å². The molecule has 0 saturated carbocycles. The number of imidazole rings is 1. The Morgan fingerprint density at radius 2 is 1.26 bits per heavy atom. The molecule has 81 heavy (non-hydrogen) atoms. The molecule has 0 radical (unpaired) electrons. The first-order chi connectivity index (χ1) is 48.8. The maximum atomic E-state index is 10.5. The van der Waals surface area contributed by atoms with Gasteiger partial charge in [0.1, 0.15) is 17.3 Å². The standard InChI is InChI=1S/C76H68N4O/c1-73(2,3)51-37-40-77-69(44-51)80-66-32-17-16-27-58(66)59-35-34-54(46-67(59)80)81-53-24-18-23-52(45-53)78-47-79-71-61(30-20-31-64(71)74(4,5)6)70-55(48-21-12-11-13-22-48)28-19-29-60(70)56-25-14-15-26-57(56)62-41-50(43-68(78)72(62)79)49-33-36-63-65(42-49)76(9,10)39-38-75(63,7)8/h11-37,40-46H,38-39H2,1-10H3/i7D3,8D3,9D3,10D3,11D,12D,13D,21D,22D,33D,36D,38D2,39D2,42D. The number of ether oxygens (including phenoxy) is 1. The third kappa shape index (κ3) is 8.34. The fraction of sp³-hybridized carbons (Fsp3) is 0.211. The van der Waals surface area contributed by atoms with E-state index < -0.39 is 121 Å². The highest BCUT2D eigenvalue weighted by Crippen LogP contribution is 2.51. The van der Waals surface area contributed by atoms with Crippen LogP contribution in [-0.4, -0.2) is 14.1 Å². The molecule has 0 bridgehead atoms. The second kappa shape index (κ2) is 18.4. The van der Waals surface area contributed by atoms with Gasteiger partial charge in [-0.05, 0) is 167 Å². The molecule has 0 spiro atoms. The van der Waals surface area contributed by atoms with Crippen LogP contribution < -0.4 is 9.30 Å². The predicted molar refractivity (Wildman–Crippen MR) is 336 cm³/mol. The third-order valence-electron chi connectivity index (χ3n) is 15.5. The van der Waals surface area contributed by atoms with Crippen LogP contribution in [0.2, 0.25) is 0 Å². The maximum absolute atomic E-state index is 10.5. The van der Waals surface area contributed by atoms with Gasteiger partial charge in [-0.2, -0.15) is 0 Å². The lowest BCUT2D eigenvalue weighted by molar-refractivity contribution is -0.572. The summed E-state index contributed by atoms with van der Waals surface area (Å²) in [5.74, 6) is 1.39. The molecule has 0 fully saturated rings. The Hall–Kier alpha value is -8.80. The summed E-state index contributed by atoms with van der Waals surface area (Å²) in [6.07, 6.45) is -3.71. The van der Waals surface area contributed by atoms with Crippen LogP contribution in [0.15, 0.2) is 206 Å². The monoisotopic (exact) mass is 1080 g/mol. The quantitative estimate of drug-likeness (QED) is 0.123. The van der Waals surface area contributed by atoms with Crippen molar-refractivity contribution in [1.82, 2.24) is 14.1 Å². The minimum atomic E-state index is -4.58. The summed E-state index contributed by atoms with van der Waals surface area (Å²) in [5.41, 5.74) is -6.75. The summed E-state index contributed by atoms with van der Waals surface area (Å²) < 4.78 is 235. The van der Waals surface area contributed by atoms with Crippen LogP contribution in [0.25, 0.3) is 106 Å². The van der Waals surface area contributed by atoms with Crippen molar-refractivity contribution in [2.24, 2.45) is 0 Å². The van der Waals surface area contributed by atoms with E-state index in [-0.39, 0.29) is 33.2 Å². The molecule has 0 saturated heterocycles. The Morgan fingerprint density at radius 1 is 0.568 bits per heavy atom. The van der Waals surface area contributed by atoms with Crippen LogP contribution in [0.3, 0.4) is 0 Å². The SMILES string of the molecule is [2H]c1c([2H])c([2H])c(-c2cccc3c2-c2cccc(C(C)(C)C)c2-[n+]2[c-]n(-c4cccc(Oc5ccc6c7ccccc7n(-c7cc(C(C)(C)C)ccn7)c6c5)c4)c4cc(-c5c([2H])c([2H])c6c(c5[2H])C(C([2H])([2H])[2H])(C([2H])([2H])[2H])C([2H])([2H])C([2H])([2H])C6(C([2H])([2H])[2H])C([2H])([2H])[2H])cc(c42)-c2ccccc2-3)c([2H])c1[2H]. The van der Waals surface area contributed by atoms with E-state index in [4.69, 9.17) is 30.3 Å². The Balaban J connectivity index is 1.13. The van der Waals surface area contributed by atoms with Crippen molar-refractivity contribution in [3.63, 3.8) is 0 Å². The lowest BCUT2D eigenvalue weighted by atomic mass is 9.63. The molecule has 4 heterocycles. The average molecular weight is 1080 g/mol. The predicted octanol–water partition coefficient (Wildman–Crippen LogP) is 19.6. The molecule has 12 aromatic rings. The van der Waals surface area contributed by atoms with Crippen LogP contribution in [0.1, 0.15) is 137 Å². The summed E-state index contributed by atoms with van der Waals surface area (Å²) in [6.45, 7) is -4.86. The molecule has 9 aromatic carbocycles. The molecule has 0 unspecified atom stereocenters. The van der Waals surface area contributed by atoms with Gasteiger partial charge in [0.05, 0.1) is 44.4 Å². The van der Waals surface area contributed by atoms with Crippen molar-refractivity contribution in [1.29, 1.82) is 0 Å². The molecule has 3 aromatic heterocycles. The van der Waals surface area contributed by atoms with Crippen molar-refractivity contribution in [2.75, 3.05) is 0 Å². The molecular formula is C76H68N4O. The zero-order chi connectivity index (χ0) is 76.3. The normalized spacial score (nSPS) is 20.6. The number of aromatic nitrogens is 4. The van der Waals surface area contributed by atoms with Crippen LogP contribution >= 0.6 is 0 Å². The van der Waals surface area contributed by atoms with E-state index in [1.807, 2.05) is 87.5 Å². The fourth-order valence-electron chi connectivity index (χ4n) is 11.7. The first kappa shape index (κ1) is 30.7. The number of pyridine rings is 1. The second-order valence-corrected chi connectivity index (χ2v) is 22.9. The smallest absolute Gasteiger partial charge is 0.269 e. The molecule has 5 nitrogen and oxygen atoms in total. The number of hydrogen-bond acceptors (Lipinski definition) is 2. The molecule has 398 valence electrons. The summed E-state index contributed by atoms with van der Waals surface area (Å²) in [7, 11) is 0. The Morgan fingerprint density at radius 3 is 2.05 bits per heavy atom. The first-order valence-electron chi connectivity index (χ1n) is 38.7. The zero-order valence-corrected chi connectivity index (χ0v) is 45.2. The maximum Gasteiger partial charge on any atom is 0.269 e. The third-order valence-corrected chi connectivity index (χ3v) is 15.5. The van der Waals surface area contributed by atoms with Crippen LogP contribution in [0.5, 0.6) is 11.5 Å². The van der Waals surface area contributed by atoms with Gasteiger partial charge >= 0.3 is 0 Å². The molecule has 5 heteroatoms. The highest BCUT2D eigenvalue weighted by Gasteiger charge is 2.38. The van der Waals surface area contributed by atoms with Gasteiger partial charge in [0.2, 0.25) is 0 Å². The highest BCUT2D eigenvalue weighted by atomic mass is 16.5. The molecule has 0 atom stereocenters. The number of fused-ring (bicyclic) bond motifs is 11. The van der Waals surface area contributed by atoms with E-state index in [1.54, 1.807) is 82.1 Å². The van der Waals surface area contributed by atoms with Crippen LogP contribution in [-0.2, 0) is 21.7 Å². The molecule has 1 aliphatic heterocycles. The van der Waals surface area contributed by atoms with Gasteiger partial charge in [-0.1, -0.05) is 208 Å². The van der Waals surface area contributed by atoms with Crippen LogP contribution in [0, 0.1) is 6.33 Å². The molecular weight excluding hydrogens is 985 g/mol. The largest absolute Gasteiger partial charge is 0.458 e. The van der Waals surface area contributed by atoms with Crippen molar-refractivity contribution in [3.05, 3.63) is 235 Å². The Bertz CT molecular complexity index is 5630. The lowest BCUT2D eigenvalue weighted by Gasteiger charge is -2.42. The molecule has 0 amide bonds. The summed E-state index contributed by atoms with van der Waals surface area (Å²) >= 11 is 0. The van der Waals surface area contributed by atoms with E-state index in [0.717, 1.165) is 27.4 Å². The lowest BCUT2D eigenvalue weighted by Crippen LogP contribution is -2.35. The van der Waals surface area contributed by atoms with Gasteiger partial charge in [0.15, 0.2) is 0 Å². The van der Waals surface area contributed by atoms with Crippen molar-refractivity contribution in [3.8, 4) is 84.3 Å². The van der Waals surface area contributed by atoms with E-state index >= 15 is 0 Å². The number of benzene rings is 9. The van der Waals surface area contributed by atoms with Gasteiger partial charge in [0.25, 0.3) is 6.33 Å². The second-order valence-electron chi connectivity index (χ2n) is 22.9. The van der Waals surface area contributed by atoms with Crippen molar-refractivity contribution >= 4 is 32.8 Å².